The number of carbonyl (C=O) groups excluding carboxylic acids is 1. The molecule has 1 saturated heterocycles. The lowest BCUT2D eigenvalue weighted by Gasteiger charge is -2.25. The van der Waals surface area contributed by atoms with Crippen molar-refractivity contribution >= 4 is 5.91 Å². The van der Waals surface area contributed by atoms with Crippen LogP contribution >= 0.6 is 0 Å². The van der Waals surface area contributed by atoms with E-state index in [9.17, 15) is 4.79 Å². The highest BCUT2D eigenvalue weighted by Gasteiger charge is 2.38. The van der Waals surface area contributed by atoms with Crippen molar-refractivity contribution in [1.82, 2.24) is 25.0 Å². The number of benzene rings is 2. The summed E-state index contributed by atoms with van der Waals surface area (Å²) in [5.41, 5.74) is 2.43. The van der Waals surface area contributed by atoms with Gasteiger partial charge in [-0.2, -0.15) is 0 Å². The smallest absolute Gasteiger partial charge is 0.289 e. The Morgan fingerprint density at radius 2 is 1.59 bits per heavy atom. The molecule has 148 valence electrons. The molecule has 6 heteroatoms. The monoisotopic (exact) mass is 387 g/mol. The molecular formula is C23H25N5O. The highest BCUT2D eigenvalue weighted by atomic mass is 16.2. The number of carbonyl (C=O) groups is 1. The molecular weight excluding hydrogens is 362 g/mol. The number of rotatable bonds is 5. The van der Waals surface area contributed by atoms with Crippen LogP contribution in [0.5, 0.6) is 0 Å². The Hall–Kier alpha value is -2.99. The first-order valence-corrected chi connectivity index (χ1v) is 10.3. The second kappa shape index (κ2) is 7.79. The van der Waals surface area contributed by atoms with Crippen LogP contribution < -0.4 is 5.32 Å². The maximum absolute atomic E-state index is 12.7. The summed E-state index contributed by atoms with van der Waals surface area (Å²) in [5, 5.41) is 11.5. The topological polar surface area (TPSA) is 63.1 Å². The molecule has 2 atom stereocenters. The molecule has 0 spiro atoms. The number of nitrogens with zero attached hydrogens (tertiary/aromatic N) is 4. The van der Waals surface area contributed by atoms with Crippen molar-refractivity contribution < 1.29 is 4.79 Å². The van der Waals surface area contributed by atoms with E-state index in [1.54, 1.807) is 0 Å². The Bertz CT molecular complexity index is 985. The number of aromatic nitrogens is 3. The molecule has 0 radical (unpaired) electrons. The number of hydrogen-bond acceptors (Lipinski definition) is 4. The summed E-state index contributed by atoms with van der Waals surface area (Å²) in [6.07, 6.45) is 0.898. The fraction of sp³-hybridized carbons (Fsp3) is 0.348. The van der Waals surface area contributed by atoms with E-state index in [-0.39, 0.29) is 5.91 Å². The molecule has 2 unspecified atom stereocenters. The van der Waals surface area contributed by atoms with Gasteiger partial charge < -0.3 is 9.88 Å². The molecule has 0 saturated carbocycles. The van der Waals surface area contributed by atoms with E-state index in [0.29, 0.717) is 24.2 Å². The molecule has 5 rings (SSSR count). The van der Waals surface area contributed by atoms with E-state index in [0.717, 1.165) is 44.0 Å². The van der Waals surface area contributed by atoms with Crippen molar-refractivity contribution in [3.8, 4) is 0 Å². The molecule has 0 aliphatic carbocycles. The fourth-order valence-corrected chi connectivity index (χ4v) is 4.62. The zero-order valence-electron chi connectivity index (χ0n) is 16.4. The third kappa shape index (κ3) is 3.80. The van der Waals surface area contributed by atoms with E-state index in [1.807, 2.05) is 34.9 Å². The van der Waals surface area contributed by atoms with Crippen LogP contribution in [0.4, 0.5) is 0 Å². The summed E-state index contributed by atoms with van der Waals surface area (Å²) >= 11 is 0. The Morgan fingerprint density at radius 1 is 0.897 bits per heavy atom. The number of likely N-dealkylation sites (tertiary alicyclic amines) is 1. The summed E-state index contributed by atoms with van der Waals surface area (Å²) in [6, 6.07) is 20.6. The van der Waals surface area contributed by atoms with Crippen LogP contribution in [0, 0.1) is 11.8 Å². The molecule has 6 nitrogen and oxygen atoms in total. The van der Waals surface area contributed by atoms with Crippen molar-refractivity contribution in [2.45, 2.75) is 26.1 Å². The summed E-state index contributed by atoms with van der Waals surface area (Å²) in [5.74, 6) is 2.37. The van der Waals surface area contributed by atoms with Gasteiger partial charge in [0.15, 0.2) is 0 Å². The molecule has 1 amide bonds. The first-order valence-electron chi connectivity index (χ1n) is 10.3. The minimum Gasteiger partial charge on any atom is -0.345 e. The van der Waals surface area contributed by atoms with Crippen molar-refractivity contribution in [3.05, 3.63) is 83.4 Å². The number of nitrogens with one attached hydrogen (secondary N) is 1. The molecule has 2 aromatic carbocycles. The lowest BCUT2D eigenvalue weighted by Crippen LogP contribution is -2.32. The standard InChI is InChI=1S/C23H25N5O/c29-23(24-12-17-7-3-1-4-8-17)22-26-25-21-11-19-14-27(15-20(19)16-28(21)22)13-18-9-5-2-6-10-18/h1-10,19-20H,11-16H2,(H,24,29). The van der Waals surface area contributed by atoms with Crippen LogP contribution in [0.2, 0.25) is 0 Å². The van der Waals surface area contributed by atoms with Crippen LogP contribution in [-0.4, -0.2) is 38.7 Å². The highest BCUT2D eigenvalue weighted by molar-refractivity contribution is 5.90. The van der Waals surface area contributed by atoms with Gasteiger partial charge in [0.25, 0.3) is 5.91 Å². The van der Waals surface area contributed by atoms with Gasteiger partial charge in [0, 0.05) is 39.1 Å². The Kier molecular flexibility index (Phi) is 4.86. The van der Waals surface area contributed by atoms with Gasteiger partial charge in [0.1, 0.15) is 5.82 Å². The normalized spacial score (nSPS) is 20.8. The van der Waals surface area contributed by atoms with E-state index in [4.69, 9.17) is 0 Å². The van der Waals surface area contributed by atoms with Gasteiger partial charge in [-0.05, 0) is 23.0 Å². The van der Waals surface area contributed by atoms with Gasteiger partial charge in [-0.15, -0.1) is 10.2 Å². The van der Waals surface area contributed by atoms with Gasteiger partial charge in [0.05, 0.1) is 0 Å². The van der Waals surface area contributed by atoms with Crippen LogP contribution in [0.3, 0.4) is 0 Å². The van der Waals surface area contributed by atoms with Crippen molar-refractivity contribution in [2.75, 3.05) is 13.1 Å². The van der Waals surface area contributed by atoms with E-state index in [1.165, 1.54) is 5.56 Å². The van der Waals surface area contributed by atoms with Gasteiger partial charge in [-0.1, -0.05) is 60.7 Å². The highest BCUT2D eigenvalue weighted by Crippen LogP contribution is 2.33. The fourth-order valence-electron chi connectivity index (χ4n) is 4.62. The average molecular weight is 387 g/mol. The van der Waals surface area contributed by atoms with Crippen molar-refractivity contribution in [2.24, 2.45) is 11.8 Å². The zero-order chi connectivity index (χ0) is 19.6. The predicted octanol–water partition coefficient (Wildman–Crippen LogP) is 2.51. The summed E-state index contributed by atoms with van der Waals surface area (Å²) in [6.45, 7) is 4.45. The molecule has 29 heavy (non-hydrogen) atoms. The Balaban J connectivity index is 1.24. The Morgan fingerprint density at radius 3 is 2.34 bits per heavy atom. The molecule has 3 aromatic rings. The summed E-state index contributed by atoms with van der Waals surface area (Å²) in [7, 11) is 0. The van der Waals surface area contributed by atoms with Crippen LogP contribution in [0.25, 0.3) is 0 Å². The third-order valence-corrected chi connectivity index (χ3v) is 6.09. The molecule has 1 fully saturated rings. The lowest BCUT2D eigenvalue weighted by atomic mass is 9.89. The minimum atomic E-state index is -0.148. The second-order valence-corrected chi connectivity index (χ2v) is 8.12. The quantitative estimate of drug-likeness (QED) is 0.731. The minimum absolute atomic E-state index is 0.148. The van der Waals surface area contributed by atoms with Gasteiger partial charge in [-0.25, -0.2) is 0 Å². The number of fused-ring (bicyclic) bond motifs is 2. The first-order chi connectivity index (χ1) is 14.3. The van der Waals surface area contributed by atoms with E-state index in [2.05, 4.69) is 50.7 Å². The van der Waals surface area contributed by atoms with Crippen LogP contribution in [-0.2, 0) is 26.1 Å². The Labute approximate surface area is 170 Å². The van der Waals surface area contributed by atoms with E-state index < -0.39 is 0 Å². The molecule has 1 N–H and O–H groups in total. The molecule has 0 bridgehead atoms. The molecule has 3 heterocycles. The van der Waals surface area contributed by atoms with E-state index >= 15 is 0 Å². The molecule has 1 aromatic heterocycles. The number of hydrogen-bond donors (Lipinski definition) is 1. The van der Waals surface area contributed by atoms with Gasteiger partial charge >= 0.3 is 0 Å². The maximum Gasteiger partial charge on any atom is 0.289 e. The van der Waals surface area contributed by atoms with Crippen molar-refractivity contribution in [1.29, 1.82) is 0 Å². The second-order valence-electron chi connectivity index (χ2n) is 8.12. The lowest BCUT2D eigenvalue weighted by molar-refractivity contribution is 0.0932. The SMILES string of the molecule is O=C(NCc1ccccc1)c1nnc2n1CC1CN(Cc3ccccc3)CC1C2. The average Bonchev–Trinajstić information content (AvgIpc) is 3.34. The summed E-state index contributed by atoms with van der Waals surface area (Å²) < 4.78 is 2.04. The molecule has 2 aliphatic rings. The number of amides is 1. The van der Waals surface area contributed by atoms with Crippen LogP contribution in [0.15, 0.2) is 60.7 Å². The zero-order valence-corrected chi connectivity index (χ0v) is 16.4. The van der Waals surface area contributed by atoms with Crippen molar-refractivity contribution in [3.63, 3.8) is 0 Å². The first kappa shape index (κ1) is 18.1. The summed E-state index contributed by atoms with van der Waals surface area (Å²) in [4.78, 5) is 15.2. The van der Waals surface area contributed by atoms with Gasteiger partial charge in [0.2, 0.25) is 5.82 Å². The largest absolute Gasteiger partial charge is 0.345 e. The van der Waals surface area contributed by atoms with Gasteiger partial charge in [-0.3, -0.25) is 9.69 Å². The third-order valence-electron chi connectivity index (χ3n) is 6.09. The molecule has 2 aliphatic heterocycles. The maximum atomic E-state index is 12.7. The van der Waals surface area contributed by atoms with Crippen LogP contribution in [0.1, 0.15) is 27.6 Å². The predicted molar refractivity (Wildman–Crippen MR) is 110 cm³/mol.